The quantitative estimate of drug-likeness (QED) is 0.444. The third-order valence-electron chi connectivity index (χ3n) is 2.33. The standard InChI is InChI=1S/C12H13N2.Li/c1-9-6-10(2)12(11(3)7-9)14-5-4-13-8-14;/h4-7H,1-3H3;/q-1;+1. The van der Waals surface area contributed by atoms with Gasteiger partial charge in [0.2, 0.25) is 0 Å². The van der Waals surface area contributed by atoms with Crippen LogP contribution in [0.15, 0.2) is 24.5 Å². The van der Waals surface area contributed by atoms with E-state index in [2.05, 4.69) is 44.2 Å². The van der Waals surface area contributed by atoms with E-state index >= 15 is 0 Å². The minimum atomic E-state index is 0. The molecule has 2 rings (SSSR count). The molecule has 0 spiro atoms. The van der Waals surface area contributed by atoms with Crippen molar-refractivity contribution in [2.75, 3.05) is 0 Å². The molecular formula is C12H13LiN2. The van der Waals surface area contributed by atoms with E-state index in [1.54, 1.807) is 6.20 Å². The minimum Gasteiger partial charge on any atom is -0.433 e. The molecule has 0 saturated carbocycles. The Morgan fingerprint density at radius 3 is 2.20 bits per heavy atom. The Labute approximate surface area is 103 Å². The molecule has 0 aliphatic rings. The summed E-state index contributed by atoms with van der Waals surface area (Å²) in [6.45, 7) is 6.34. The van der Waals surface area contributed by atoms with Crippen LogP contribution >= 0.6 is 0 Å². The van der Waals surface area contributed by atoms with Crippen LogP contribution < -0.4 is 18.9 Å². The second kappa shape index (κ2) is 4.70. The number of rotatable bonds is 1. The summed E-state index contributed by atoms with van der Waals surface area (Å²) in [5.74, 6) is 0. The van der Waals surface area contributed by atoms with E-state index in [-0.39, 0.29) is 18.9 Å². The molecule has 0 saturated heterocycles. The first-order valence-corrected chi connectivity index (χ1v) is 4.68. The van der Waals surface area contributed by atoms with Crippen LogP contribution in [-0.2, 0) is 0 Å². The molecule has 1 heterocycles. The van der Waals surface area contributed by atoms with Gasteiger partial charge >= 0.3 is 18.9 Å². The van der Waals surface area contributed by atoms with E-state index in [0.717, 1.165) is 0 Å². The third kappa shape index (κ3) is 2.34. The summed E-state index contributed by atoms with van der Waals surface area (Å²) in [5, 5.41) is 0. The van der Waals surface area contributed by atoms with Crippen LogP contribution in [0, 0.1) is 27.1 Å². The maximum absolute atomic E-state index is 3.94. The monoisotopic (exact) mass is 192 g/mol. The topological polar surface area (TPSA) is 17.8 Å². The Bertz CT molecular complexity index is 424. The van der Waals surface area contributed by atoms with E-state index in [0.29, 0.717) is 0 Å². The first-order chi connectivity index (χ1) is 6.68. The zero-order valence-corrected chi connectivity index (χ0v) is 9.70. The molecule has 1 aromatic carbocycles. The summed E-state index contributed by atoms with van der Waals surface area (Å²) >= 11 is 0. The van der Waals surface area contributed by atoms with Crippen molar-refractivity contribution in [2.24, 2.45) is 0 Å². The van der Waals surface area contributed by atoms with Crippen LogP contribution in [0.25, 0.3) is 5.69 Å². The average molecular weight is 192 g/mol. The van der Waals surface area contributed by atoms with Gasteiger partial charge in [0.25, 0.3) is 0 Å². The SMILES string of the molecule is Cc1cc(C)c(-n2[c-]ncc2)c(C)c1.[Li+]. The van der Waals surface area contributed by atoms with Crippen LogP contribution in [0.5, 0.6) is 0 Å². The molecule has 1 aromatic heterocycles. The normalized spacial score (nSPS) is 9.80. The Kier molecular flexibility index (Phi) is 3.79. The minimum absolute atomic E-state index is 0. The van der Waals surface area contributed by atoms with Gasteiger partial charge in [-0.2, -0.15) is 0 Å². The number of benzene rings is 1. The molecule has 72 valence electrons. The van der Waals surface area contributed by atoms with E-state index in [4.69, 9.17) is 0 Å². The van der Waals surface area contributed by atoms with Crippen molar-refractivity contribution in [3.05, 3.63) is 47.5 Å². The van der Waals surface area contributed by atoms with Gasteiger partial charge < -0.3 is 9.55 Å². The molecule has 0 bridgehead atoms. The summed E-state index contributed by atoms with van der Waals surface area (Å²) in [7, 11) is 0. The van der Waals surface area contributed by atoms with Gasteiger partial charge in [0.05, 0.1) is 0 Å². The van der Waals surface area contributed by atoms with Crippen molar-refractivity contribution in [3.63, 3.8) is 0 Å². The molecule has 0 aliphatic heterocycles. The van der Waals surface area contributed by atoms with Gasteiger partial charge in [0.15, 0.2) is 0 Å². The molecule has 0 fully saturated rings. The van der Waals surface area contributed by atoms with Gasteiger partial charge in [0, 0.05) is 6.33 Å². The van der Waals surface area contributed by atoms with E-state index in [1.807, 2.05) is 10.8 Å². The largest absolute Gasteiger partial charge is 1.00 e. The summed E-state index contributed by atoms with van der Waals surface area (Å²) < 4.78 is 1.93. The van der Waals surface area contributed by atoms with Gasteiger partial charge in [0.1, 0.15) is 0 Å². The first-order valence-electron chi connectivity index (χ1n) is 4.68. The second-order valence-electron chi connectivity index (χ2n) is 3.64. The Balaban J connectivity index is 0.00000112. The van der Waals surface area contributed by atoms with Gasteiger partial charge in [-0.1, -0.05) is 41.2 Å². The van der Waals surface area contributed by atoms with E-state index < -0.39 is 0 Å². The fraction of sp³-hybridized carbons (Fsp3) is 0.250. The average Bonchev–Trinajstić information content (AvgIpc) is 2.54. The summed E-state index contributed by atoms with van der Waals surface area (Å²) in [6, 6.07) is 4.35. The molecule has 0 amide bonds. The van der Waals surface area contributed by atoms with Crippen LogP contribution in [0.1, 0.15) is 16.7 Å². The molecule has 0 atom stereocenters. The Morgan fingerprint density at radius 1 is 1.13 bits per heavy atom. The van der Waals surface area contributed by atoms with E-state index in [1.165, 1.54) is 22.4 Å². The molecule has 15 heavy (non-hydrogen) atoms. The molecule has 0 radical (unpaired) electrons. The van der Waals surface area contributed by atoms with Gasteiger partial charge in [-0.15, -0.1) is 0 Å². The number of aryl methyl sites for hydroxylation is 3. The molecular weight excluding hydrogens is 179 g/mol. The van der Waals surface area contributed by atoms with Crippen molar-refractivity contribution in [1.82, 2.24) is 9.55 Å². The van der Waals surface area contributed by atoms with Crippen LogP contribution in [0.3, 0.4) is 0 Å². The smallest absolute Gasteiger partial charge is 0.433 e. The van der Waals surface area contributed by atoms with Crippen molar-refractivity contribution >= 4 is 0 Å². The fourth-order valence-corrected chi connectivity index (χ4v) is 1.91. The van der Waals surface area contributed by atoms with Crippen molar-refractivity contribution in [1.29, 1.82) is 0 Å². The molecule has 0 N–H and O–H groups in total. The second-order valence-corrected chi connectivity index (χ2v) is 3.64. The Morgan fingerprint density at radius 2 is 1.73 bits per heavy atom. The number of imidazole rings is 1. The van der Waals surface area contributed by atoms with E-state index in [9.17, 15) is 0 Å². The van der Waals surface area contributed by atoms with Gasteiger partial charge in [-0.25, -0.2) is 0 Å². The molecule has 3 heteroatoms. The van der Waals surface area contributed by atoms with Gasteiger partial charge in [-0.05, 0) is 26.5 Å². The van der Waals surface area contributed by atoms with Crippen LogP contribution in [0.2, 0.25) is 0 Å². The van der Waals surface area contributed by atoms with Gasteiger partial charge in [-0.3, -0.25) is 0 Å². The van der Waals surface area contributed by atoms with Crippen LogP contribution in [-0.4, -0.2) is 9.55 Å². The molecule has 0 aliphatic carbocycles. The van der Waals surface area contributed by atoms with Crippen molar-refractivity contribution in [3.8, 4) is 5.69 Å². The first kappa shape index (κ1) is 12.1. The maximum Gasteiger partial charge on any atom is 1.00 e. The molecule has 0 unspecified atom stereocenters. The van der Waals surface area contributed by atoms with Crippen LogP contribution in [0.4, 0.5) is 0 Å². The number of hydrogen-bond donors (Lipinski definition) is 0. The zero-order valence-electron chi connectivity index (χ0n) is 9.70. The third-order valence-corrected chi connectivity index (χ3v) is 2.33. The van der Waals surface area contributed by atoms with Crippen molar-refractivity contribution < 1.29 is 18.9 Å². The molecule has 2 aromatic rings. The molecule has 2 nitrogen and oxygen atoms in total. The van der Waals surface area contributed by atoms with Crippen molar-refractivity contribution in [2.45, 2.75) is 20.8 Å². The summed E-state index contributed by atoms with van der Waals surface area (Å²) in [6.07, 6.45) is 6.59. The summed E-state index contributed by atoms with van der Waals surface area (Å²) in [4.78, 5) is 3.94. The Hall–Kier alpha value is -0.973. The number of aromatic nitrogens is 2. The summed E-state index contributed by atoms with van der Waals surface area (Å²) in [5.41, 5.74) is 5.01. The predicted octanol–water partition coefficient (Wildman–Crippen LogP) is -0.398. The fourth-order valence-electron chi connectivity index (χ4n) is 1.91. The maximum atomic E-state index is 3.94. The predicted molar refractivity (Wildman–Crippen MR) is 56.6 cm³/mol. The number of nitrogens with zero attached hydrogens (tertiary/aromatic N) is 2. The number of hydrogen-bond acceptors (Lipinski definition) is 1. The zero-order chi connectivity index (χ0) is 10.1.